The van der Waals surface area contributed by atoms with Gasteiger partial charge in [0.2, 0.25) is 0 Å². The maximum absolute atomic E-state index is 11.2. The third-order valence-corrected chi connectivity index (χ3v) is 7.24. The molecule has 0 saturated heterocycles. The Morgan fingerprint density at radius 2 is 1.92 bits per heavy atom. The molecule has 0 spiro atoms. The van der Waals surface area contributed by atoms with Gasteiger partial charge in [-0.3, -0.25) is 4.98 Å². The lowest BCUT2D eigenvalue weighted by atomic mass is 9.99. The number of ether oxygens (including phenoxy) is 1. The van der Waals surface area contributed by atoms with Crippen LogP contribution in [0.1, 0.15) is 71.4 Å². The second kappa shape index (κ2) is 11.2. The summed E-state index contributed by atoms with van der Waals surface area (Å²) in [4.78, 5) is 15.5. The minimum Gasteiger partial charge on any atom is -0.478 e. The van der Waals surface area contributed by atoms with Gasteiger partial charge >= 0.3 is 5.97 Å². The van der Waals surface area contributed by atoms with E-state index in [-0.39, 0.29) is 5.56 Å². The zero-order valence-electron chi connectivity index (χ0n) is 20.0. The van der Waals surface area contributed by atoms with Crippen LogP contribution in [0.4, 0.5) is 0 Å². The monoisotopic (exact) mass is 540 g/mol. The molecule has 0 aliphatic heterocycles. The molecule has 1 saturated carbocycles. The summed E-state index contributed by atoms with van der Waals surface area (Å²) < 4.78 is 11.7. The molecule has 7 nitrogen and oxygen atoms in total. The molecule has 2 aromatic carbocycles. The number of halogens is 2. The zero-order chi connectivity index (χ0) is 25.9. The summed E-state index contributed by atoms with van der Waals surface area (Å²) in [6.07, 6.45) is 5.10. The van der Waals surface area contributed by atoms with Gasteiger partial charge in [-0.2, -0.15) is 0 Å². The SMILES string of the molecule is O=C(O)c1ccc2c(C(O)CCCCOCc3c(-c4c(Cl)cccc4Cl)noc3C3CC3)ccnc2c1. The quantitative estimate of drug-likeness (QED) is 0.194. The highest BCUT2D eigenvalue weighted by Gasteiger charge is 2.33. The van der Waals surface area contributed by atoms with Crippen molar-refractivity contribution in [2.75, 3.05) is 6.61 Å². The molecule has 1 atom stereocenters. The third kappa shape index (κ3) is 5.65. The van der Waals surface area contributed by atoms with E-state index in [1.54, 1.807) is 36.5 Å². The number of nitrogens with zero attached hydrogens (tertiary/aromatic N) is 2. The maximum Gasteiger partial charge on any atom is 0.335 e. The van der Waals surface area contributed by atoms with E-state index in [4.69, 9.17) is 32.5 Å². The average Bonchev–Trinajstić information content (AvgIpc) is 3.65. The van der Waals surface area contributed by atoms with Crippen LogP contribution in [-0.2, 0) is 11.3 Å². The molecule has 2 N–H and O–H groups in total. The van der Waals surface area contributed by atoms with Crippen molar-refractivity contribution in [3.05, 3.63) is 81.2 Å². The number of hydrogen-bond acceptors (Lipinski definition) is 6. The van der Waals surface area contributed by atoms with Crippen LogP contribution in [0.3, 0.4) is 0 Å². The van der Waals surface area contributed by atoms with E-state index >= 15 is 0 Å². The van der Waals surface area contributed by atoms with Crippen molar-refractivity contribution < 1.29 is 24.3 Å². The molecule has 0 radical (unpaired) electrons. The van der Waals surface area contributed by atoms with Gasteiger partial charge in [0.25, 0.3) is 0 Å². The Kier molecular flexibility index (Phi) is 7.76. The lowest BCUT2D eigenvalue weighted by Gasteiger charge is -2.14. The van der Waals surface area contributed by atoms with E-state index in [2.05, 4.69) is 10.1 Å². The van der Waals surface area contributed by atoms with Gasteiger partial charge in [0.05, 0.1) is 33.8 Å². The highest BCUT2D eigenvalue weighted by Crippen LogP contribution is 2.46. The highest BCUT2D eigenvalue weighted by atomic mass is 35.5. The number of aliphatic hydroxyl groups is 1. The summed E-state index contributed by atoms with van der Waals surface area (Å²) >= 11 is 12.8. The topological polar surface area (TPSA) is 106 Å². The van der Waals surface area contributed by atoms with E-state index in [0.29, 0.717) is 52.4 Å². The number of benzene rings is 2. The Bertz CT molecular complexity index is 1410. The predicted octanol–water partition coefficient (Wildman–Crippen LogP) is 7.19. The smallest absolute Gasteiger partial charge is 0.335 e. The summed E-state index contributed by atoms with van der Waals surface area (Å²) in [7, 11) is 0. The van der Waals surface area contributed by atoms with Crippen LogP contribution >= 0.6 is 23.2 Å². The van der Waals surface area contributed by atoms with Gasteiger partial charge in [-0.05, 0) is 68.0 Å². The van der Waals surface area contributed by atoms with Crippen molar-refractivity contribution in [2.24, 2.45) is 0 Å². The number of fused-ring (bicyclic) bond motifs is 1. The van der Waals surface area contributed by atoms with Crippen molar-refractivity contribution in [1.29, 1.82) is 0 Å². The first-order valence-electron chi connectivity index (χ1n) is 12.2. The fraction of sp³-hybridized carbons (Fsp3) is 0.321. The van der Waals surface area contributed by atoms with E-state index in [1.807, 2.05) is 0 Å². The van der Waals surface area contributed by atoms with Crippen LogP contribution in [-0.4, -0.2) is 32.9 Å². The number of carboxylic acid groups (broad SMARTS) is 1. The third-order valence-electron chi connectivity index (χ3n) is 6.61. The Hall–Kier alpha value is -2.97. The van der Waals surface area contributed by atoms with Crippen LogP contribution in [0.15, 0.2) is 53.2 Å². The molecule has 4 aromatic rings. The Morgan fingerprint density at radius 1 is 1.14 bits per heavy atom. The number of carbonyl (C=O) groups is 1. The molecule has 2 aromatic heterocycles. The van der Waals surface area contributed by atoms with Crippen molar-refractivity contribution >= 4 is 40.1 Å². The molecule has 37 heavy (non-hydrogen) atoms. The largest absolute Gasteiger partial charge is 0.478 e. The first kappa shape index (κ1) is 25.7. The van der Waals surface area contributed by atoms with Crippen LogP contribution < -0.4 is 0 Å². The zero-order valence-corrected chi connectivity index (χ0v) is 21.5. The number of hydrogen-bond donors (Lipinski definition) is 2. The van der Waals surface area contributed by atoms with Crippen LogP contribution in [0.2, 0.25) is 10.0 Å². The van der Waals surface area contributed by atoms with Gasteiger partial charge in [-0.15, -0.1) is 0 Å². The van der Waals surface area contributed by atoms with Gasteiger partial charge in [-0.25, -0.2) is 4.79 Å². The second-order valence-electron chi connectivity index (χ2n) is 9.25. The maximum atomic E-state index is 11.2. The molecule has 1 unspecified atom stereocenters. The molecular weight excluding hydrogens is 515 g/mol. The van der Waals surface area contributed by atoms with E-state index in [1.165, 1.54) is 12.1 Å². The Balaban J connectivity index is 1.18. The second-order valence-corrected chi connectivity index (χ2v) is 10.1. The van der Waals surface area contributed by atoms with Gasteiger partial charge in [-0.1, -0.05) is 40.5 Å². The average molecular weight is 541 g/mol. The molecule has 2 heterocycles. The van der Waals surface area contributed by atoms with Crippen LogP contribution in [0, 0.1) is 0 Å². The van der Waals surface area contributed by atoms with Crippen LogP contribution in [0.5, 0.6) is 0 Å². The predicted molar refractivity (Wildman–Crippen MR) is 141 cm³/mol. The minimum absolute atomic E-state index is 0.168. The number of pyridine rings is 1. The van der Waals surface area contributed by atoms with E-state index in [0.717, 1.165) is 48.0 Å². The normalized spacial score (nSPS) is 14.2. The van der Waals surface area contributed by atoms with E-state index < -0.39 is 12.1 Å². The molecule has 1 aliphatic rings. The fourth-order valence-electron chi connectivity index (χ4n) is 4.51. The first-order valence-corrected chi connectivity index (χ1v) is 13.0. The molecule has 0 bridgehead atoms. The summed E-state index contributed by atoms with van der Waals surface area (Å²) in [5.74, 6) is 0.197. The molecule has 5 rings (SSSR count). The number of aliphatic hydroxyl groups excluding tert-OH is 1. The highest BCUT2D eigenvalue weighted by molar-refractivity contribution is 6.39. The molecule has 1 aliphatic carbocycles. The standard InChI is InChI=1S/C28H26Cl2N2O5/c29-21-4-3-5-22(30)25(21)26-20(27(37-32-26)16-7-8-16)15-36-13-2-1-6-24(33)19-11-12-31-23-14-17(28(34)35)9-10-18(19)23/h3-5,9-12,14,16,24,33H,1-2,6-8,13,15H2,(H,34,35). The Morgan fingerprint density at radius 3 is 2.65 bits per heavy atom. The lowest BCUT2D eigenvalue weighted by Crippen LogP contribution is -2.03. The summed E-state index contributed by atoms with van der Waals surface area (Å²) in [6.45, 7) is 0.854. The molecule has 9 heteroatoms. The van der Waals surface area contributed by atoms with Crippen molar-refractivity contribution in [1.82, 2.24) is 10.1 Å². The summed E-state index contributed by atoms with van der Waals surface area (Å²) in [5.41, 5.74) is 3.63. The van der Waals surface area contributed by atoms with Crippen molar-refractivity contribution in [3.63, 3.8) is 0 Å². The fourth-order valence-corrected chi connectivity index (χ4v) is 5.09. The summed E-state index contributed by atoms with van der Waals surface area (Å²) in [5, 5.41) is 26.1. The Labute approximate surface area is 224 Å². The number of carboxylic acids is 1. The summed E-state index contributed by atoms with van der Waals surface area (Å²) in [6, 6.07) is 11.9. The minimum atomic E-state index is -1.01. The number of aromatic nitrogens is 2. The molecule has 1 fully saturated rings. The van der Waals surface area contributed by atoms with Gasteiger partial charge in [0.15, 0.2) is 0 Å². The first-order chi connectivity index (χ1) is 17.9. The van der Waals surface area contributed by atoms with Gasteiger partial charge < -0.3 is 19.5 Å². The lowest BCUT2D eigenvalue weighted by molar-refractivity contribution is 0.0697. The molecule has 0 amide bonds. The molecular formula is C28H26Cl2N2O5. The van der Waals surface area contributed by atoms with Crippen molar-refractivity contribution in [3.8, 4) is 11.3 Å². The number of aromatic carboxylic acids is 1. The number of rotatable bonds is 11. The van der Waals surface area contributed by atoms with Crippen LogP contribution in [0.25, 0.3) is 22.2 Å². The van der Waals surface area contributed by atoms with Gasteiger partial charge in [0.1, 0.15) is 11.5 Å². The van der Waals surface area contributed by atoms with Crippen molar-refractivity contribution in [2.45, 2.75) is 50.7 Å². The van der Waals surface area contributed by atoms with Gasteiger partial charge in [0, 0.05) is 35.2 Å². The number of unbranched alkanes of at least 4 members (excludes halogenated alkanes) is 1. The molecule has 192 valence electrons. The van der Waals surface area contributed by atoms with E-state index in [9.17, 15) is 15.0 Å².